The van der Waals surface area contributed by atoms with Crippen LogP contribution in [0.5, 0.6) is 0 Å². The third-order valence-corrected chi connectivity index (χ3v) is 4.31. The van der Waals surface area contributed by atoms with Crippen LogP contribution in [0.3, 0.4) is 0 Å². The Morgan fingerprint density at radius 2 is 1.91 bits per heavy atom. The standard InChI is InChI=1S/C18H25N5/c1-3-22-9-11-23(12-10-22)18-8-7-16(14-20-18)13-19-17-6-4-5-15(2)21-17/h4-8,14H,3,9-13H2,1-2H3,(H,19,21). The van der Waals surface area contributed by atoms with E-state index < -0.39 is 0 Å². The van der Waals surface area contributed by atoms with E-state index in [-0.39, 0.29) is 0 Å². The molecule has 1 aliphatic heterocycles. The summed E-state index contributed by atoms with van der Waals surface area (Å²) in [5.74, 6) is 1.99. The van der Waals surface area contributed by atoms with Crippen molar-refractivity contribution >= 4 is 11.6 Å². The molecule has 0 aromatic carbocycles. The minimum atomic E-state index is 0.743. The van der Waals surface area contributed by atoms with Crippen LogP contribution < -0.4 is 10.2 Å². The van der Waals surface area contributed by atoms with Crippen LogP contribution in [-0.4, -0.2) is 47.6 Å². The molecule has 0 spiro atoms. The van der Waals surface area contributed by atoms with E-state index in [2.05, 4.69) is 44.1 Å². The summed E-state index contributed by atoms with van der Waals surface area (Å²) in [7, 11) is 0. The highest BCUT2D eigenvalue weighted by molar-refractivity contribution is 5.41. The van der Waals surface area contributed by atoms with Gasteiger partial charge in [0.05, 0.1) is 0 Å². The van der Waals surface area contributed by atoms with Crippen LogP contribution in [0.1, 0.15) is 18.2 Å². The summed E-state index contributed by atoms with van der Waals surface area (Å²) < 4.78 is 0. The second-order valence-electron chi connectivity index (χ2n) is 5.96. The zero-order valence-electron chi connectivity index (χ0n) is 14.0. The molecule has 23 heavy (non-hydrogen) atoms. The van der Waals surface area contributed by atoms with Crippen molar-refractivity contribution in [2.45, 2.75) is 20.4 Å². The summed E-state index contributed by atoms with van der Waals surface area (Å²) >= 11 is 0. The number of piperazine rings is 1. The van der Waals surface area contributed by atoms with E-state index in [1.165, 1.54) is 5.56 Å². The van der Waals surface area contributed by atoms with Crippen LogP contribution in [0.4, 0.5) is 11.6 Å². The molecule has 2 aromatic heterocycles. The maximum absolute atomic E-state index is 4.63. The van der Waals surface area contributed by atoms with Crippen molar-refractivity contribution in [3.05, 3.63) is 47.8 Å². The van der Waals surface area contributed by atoms with Crippen LogP contribution in [-0.2, 0) is 6.54 Å². The van der Waals surface area contributed by atoms with Gasteiger partial charge in [-0.05, 0) is 37.2 Å². The van der Waals surface area contributed by atoms with E-state index in [1.807, 2.05) is 31.3 Å². The highest BCUT2D eigenvalue weighted by Crippen LogP contribution is 2.15. The fourth-order valence-electron chi connectivity index (χ4n) is 2.84. The van der Waals surface area contributed by atoms with Gasteiger partial charge in [0.25, 0.3) is 0 Å². The van der Waals surface area contributed by atoms with Gasteiger partial charge in [0.15, 0.2) is 0 Å². The predicted molar refractivity (Wildman–Crippen MR) is 94.9 cm³/mol. The zero-order chi connectivity index (χ0) is 16.1. The molecule has 0 bridgehead atoms. The molecule has 0 unspecified atom stereocenters. The summed E-state index contributed by atoms with van der Waals surface area (Å²) in [6, 6.07) is 10.3. The van der Waals surface area contributed by atoms with Crippen LogP contribution in [0, 0.1) is 6.92 Å². The molecule has 2 aromatic rings. The van der Waals surface area contributed by atoms with Crippen molar-refractivity contribution in [2.24, 2.45) is 0 Å². The lowest BCUT2D eigenvalue weighted by atomic mass is 10.2. The highest BCUT2D eigenvalue weighted by atomic mass is 15.3. The van der Waals surface area contributed by atoms with E-state index >= 15 is 0 Å². The Morgan fingerprint density at radius 1 is 1.09 bits per heavy atom. The van der Waals surface area contributed by atoms with Crippen molar-refractivity contribution in [2.75, 3.05) is 42.9 Å². The molecular formula is C18H25N5. The first-order valence-corrected chi connectivity index (χ1v) is 8.34. The summed E-state index contributed by atoms with van der Waals surface area (Å²) in [5.41, 5.74) is 2.19. The maximum atomic E-state index is 4.63. The first kappa shape index (κ1) is 15.7. The zero-order valence-corrected chi connectivity index (χ0v) is 14.0. The molecule has 1 saturated heterocycles. The van der Waals surface area contributed by atoms with Crippen LogP contribution >= 0.6 is 0 Å². The number of pyridine rings is 2. The molecular weight excluding hydrogens is 286 g/mol. The number of nitrogens with zero attached hydrogens (tertiary/aromatic N) is 4. The second kappa shape index (κ2) is 7.42. The van der Waals surface area contributed by atoms with Gasteiger partial charge in [-0.15, -0.1) is 0 Å². The van der Waals surface area contributed by atoms with Gasteiger partial charge in [-0.3, -0.25) is 0 Å². The Labute approximate surface area is 138 Å². The lowest BCUT2D eigenvalue weighted by Crippen LogP contribution is -2.46. The topological polar surface area (TPSA) is 44.3 Å². The van der Waals surface area contributed by atoms with Crippen LogP contribution in [0.25, 0.3) is 0 Å². The predicted octanol–water partition coefficient (Wildman–Crippen LogP) is 2.54. The molecule has 1 N–H and O–H groups in total. The highest BCUT2D eigenvalue weighted by Gasteiger charge is 2.16. The lowest BCUT2D eigenvalue weighted by molar-refractivity contribution is 0.270. The Hall–Kier alpha value is -2.14. The minimum Gasteiger partial charge on any atom is -0.366 e. The van der Waals surface area contributed by atoms with Gasteiger partial charge < -0.3 is 15.1 Å². The molecule has 1 aliphatic rings. The quantitative estimate of drug-likeness (QED) is 0.919. The SMILES string of the molecule is CCN1CCN(c2ccc(CNc3cccc(C)n3)cn2)CC1. The first-order valence-electron chi connectivity index (χ1n) is 8.34. The Kier molecular flexibility index (Phi) is 5.08. The summed E-state index contributed by atoms with van der Waals surface area (Å²) in [6.07, 6.45) is 1.96. The summed E-state index contributed by atoms with van der Waals surface area (Å²) in [6.45, 7) is 10.5. The van der Waals surface area contributed by atoms with Crippen molar-refractivity contribution in [1.82, 2.24) is 14.9 Å². The fourth-order valence-corrected chi connectivity index (χ4v) is 2.84. The number of rotatable bonds is 5. The molecule has 122 valence electrons. The molecule has 0 radical (unpaired) electrons. The number of aromatic nitrogens is 2. The van der Waals surface area contributed by atoms with Crippen molar-refractivity contribution in [3.63, 3.8) is 0 Å². The van der Waals surface area contributed by atoms with Gasteiger partial charge in [0.1, 0.15) is 11.6 Å². The third kappa shape index (κ3) is 4.20. The van der Waals surface area contributed by atoms with Crippen LogP contribution in [0.2, 0.25) is 0 Å². The molecule has 0 amide bonds. The number of hydrogen-bond donors (Lipinski definition) is 1. The third-order valence-electron chi connectivity index (χ3n) is 4.31. The van der Waals surface area contributed by atoms with Gasteiger partial charge in [0, 0.05) is 44.6 Å². The van der Waals surface area contributed by atoms with Gasteiger partial charge >= 0.3 is 0 Å². The molecule has 1 fully saturated rings. The summed E-state index contributed by atoms with van der Waals surface area (Å²) in [5, 5.41) is 3.34. The minimum absolute atomic E-state index is 0.743. The molecule has 3 rings (SSSR count). The number of hydrogen-bond acceptors (Lipinski definition) is 5. The molecule has 5 heteroatoms. The van der Waals surface area contributed by atoms with E-state index in [4.69, 9.17) is 0 Å². The molecule has 3 heterocycles. The van der Waals surface area contributed by atoms with E-state index in [1.54, 1.807) is 0 Å². The molecule has 5 nitrogen and oxygen atoms in total. The number of anilines is 2. The normalized spacial score (nSPS) is 15.7. The van der Waals surface area contributed by atoms with Gasteiger partial charge in [-0.2, -0.15) is 0 Å². The first-order chi connectivity index (χ1) is 11.2. The number of likely N-dealkylation sites (N-methyl/N-ethyl adjacent to an activating group) is 1. The van der Waals surface area contributed by atoms with E-state index in [0.29, 0.717) is 0 Å². The van der Waals surface area contributed by atoms with Crippen molar-refractivity contribution in [3.8, 4) is 0 Å². The van der Waals surface area contributed by atoms with Gasteiger partial charge in [-0.25, -0.2) is 9.97 Å². The van der Waals surface area contributed by atoms with Gasteiger partial charge in [0.2, 0.25) is 0 Å². The molecule has 0 saturated carbocycles. The van der Waals surface area contributed by atoms with E-state index in [0.717, 1.165) is 56.6 Å². The molecule has 0 aliphatic carbocycles. The average molecular weight is 311 g/mol. The number of aryl methyl sites for hydroxylation is 1. The number of nitrogens with one attached hydrogen (secondary N) is 1. The van der Waals surface area contributed by atoms with Crippen molar-refractivity contribution < 1.29 is 0 Å². The lowest BCUT2D eigenvalue weighted by Gasteiger charge is -2.34. The maximum Gasteiger partial charge on any atom is 0.128 e. The second-order valence-corrected chi connectivity index (χ2v) is 5.96. The van der Waals surface area contributed by atoms with Gasteiger partial charge in [-0.1, -0.05) is 19.1 Å². The monoisotopic (exact) mass is 311 g/mol. The van der Waals surface area contributed by atoms with E-state index in [9.17, 15) is 0 Å². The van der Waals surface area contributed by atoms with Crippen molar-refractivity contribution in [1.29, 1.82) is 0 Å². The Morgan fingerprint density at radius 3 is 2.57 bits per heavy atom. The average Bonchev–Trinajstić information content (AvgIpc) is 2.61. The fraction of sp³-hybridized carbons (Fsp3) is 0.444. The van der Waals surface area contributed by atoms with Crippen LogP contribution in [0.15, 0.2) is 36.5 Å². The Balaban J connectivity index is 1.55. The Bertz CT molecular complexity index is 618. The summed E-state index contributed by atoms with van der Waals surface area (Å²) in [4.78, 5) is 13.9. The molecule has 0 atom stereocenters. The smallest absolute Gasteiger partial charge is 0.128 e. The largest absolute Gasteiger partial charge is 0.366 e.